The van der Waals surface area contributed by atoms with Crippen LogP contribution in [0, 0.1) is 5.92 Å². The lowest BCUT2D eigenvalue weighted by molar-refractivity contribution is -0.121. The Morgan fingerprint density at radius 3 is 3.06 bits per heavy atom. The number of fused-ring (bicyclic) bond motifs is 1. The lowest BCUT2D eigenvalue weighted by Gasteiger charge is -2.31. The van der Waals surface area contributed by atoms with Gasteiger partial charge in [0.15, 0.2) is 0 Å². The monoisotopic (exact) mass is 328 g/mol. The molecule has 1 aromatic carbocycles. The summed E-state index contributed by atoms with van der Waals surface area (Å²) in [6, 6.07) is 6.39. The van der Waals surface area contributed by atoms with E-state index in [1.54, 1.807) is 7.05 Å². The van der Waals surface area contributed by atoms with Crippen molar-refractivity contribution in [2.45, 2.75) is 17.9 Å². The van der Waals surface area contributed by atoms with Gasteiger partial charge < -0.3 is 10.6 Å². The lowest BCUT2D eigenvalue weighted by atomic mass is 9.95. The minimum Gasteiger partial charge on any atom is -0.348 e. The van der Waals surface area contributed by atoms with Crippen LogP contribution in [0.5, 0.6) is 0 Å². The Morgan fingerprint density at radius 2 is 2.33 bits per heavy atom. The highest BCUT2D eigenvalue weighted by molar-refractivity contribution is 9.10. The van der Waals surface area contributed by atoms with E-state index in [2.05, 4.69) is 45.6 Å². The zero-order chi connectivity index (χ0) is 13.1. The smallest absolute Gasteiger partial charge is 0.234 e. The van der Waals surface area contributed by atoms with Gasteiger partial charge in [-0.3, -0.25) is 4.79 Å². The number of carbonyl (C=O) groups excluding carboxylic acids is 1. The van der Waals surface area contributed by atoms with Crippen LogP contribution in [0.4, 0.5) is 0 Å². The third-order valence-electron chi connectivity index (χ3n) is 3.03. The summed E-state index contributed by atoms with van der Waals surface area (Å²) in [7, 11) is 1.78. The van der Waals surface area contributed by atoms with Crippen molar-refractivity contribution in [1.29, 1.82) is 0 Å². The van der Waals surface area contributed by atoms with Crippen LogP contribution >= 0.6 is 27.7 Å². The maximum atomic E-state index is 11.8. The summed E-state index contributed by atoms with van der Waals surface area (Å²) in [6.45, 7) is 2.54. The van der Waals surface area contributed by atoms with Gasteiger partial charge in [-0.2, -0.15) is 0 Å². The second kappa shape index (κ2) is 6.08. The van der Waals surface area contributed by atoms with Gasteiger partial charge in [-0.25, -0.2) is 0 Å². The van der Waals surface area contributed by atoms with Crippen molar-refractivity contribution in [1.82, 2.24) is 10.6 Å². The van der Waals surface area contributed by atoms with Crippen molar-refractivity contribution in [2.24, 2.45) is 5.92 Å². The van der Waals surface area contributed by atoms with Crippen molar-refractivity contribution < 1.29 is 4.79 Å². The van der Waals surface area contributed by atoms with Crippen LogP contribution in [0.15, 0.2) is 27.6 Å². The zero-order valence-corrected chi connectivity index (χ0v) is 12.9. The van der Waals surface area contributed by atoms with E-state index in [-0.39, 0.29) is 11.9 Å². The maximum Gasteiger partial charge on any atom is 0.234 e. The SMILES string of the molecule is CNCC(=O)NC1c2cc(Br)ccc2SCC1C. The highest BCUT2D eigenvalue weighted by atomic mass is 79.9. The number of halogens is 1. The van der Waals surface area contributed by atoms with Gasteiger partial charge in [-0.05, 0) is 36.7 Å². The first kappa shape index (κ1) is 13.9. The summed E-state index contributed by atoms with van der Waals surface area (Å²) < 4.78 is 1.06. The molecule has 0 fully saturated rings. The Balaban J connectivity index is 2.24. The topological polar surface area (TPSA) is 41.1 Å². The van der Waals surface area contributed by atoms with E-state index >= 15 is 0 Å². The summed E-state index contributed by atoms with van der Waals surface area (Å²) in [5.41, 5.74) is 1.22. The van der Waals surface area contributed by atoms with E-state index in [0.717, 1.165) is 10.2 Å². The number of benzene rings is 1. The summed E-state index contributed by atoms with van der Waals surface area (Å²) in [4.78, 5) is 13.0. The van der Waals surface area contributed by atoms with Crippen molar-refractivity contribution in [2.75, 3.05) is 19.3 Å². The second-order valence-electron chi connectivity index (χ2n) is 4.55. The van der Waals surface area contributed by atoms with Crippen LogP contribution in [0.25, 0.3) is 0 Å². The molecule has 0 radical (unpaired) electrons. The first-order valence-corrected chi connectivity index (χ1v) is 7.76. The maximum absolute atomic E-state index is 11.8. The molecular formula is C13H17BrN2OS. The number of likely N-dealkylation sites (N-methyl/N-ethyl adjacent to an activating group) is 1. The van der Waals surface area contributed by atoms with E-state index in [1.807, 2.05) is 17.8 Å². The van der Waals surface area contributed by atoms with E-state index in [9.17, 15) is 4.79 Å². The molecule has 0 saturated heterocycles. The standard InChI is InChI=1S/C13H17BrN2OS/c1-8-7-18-11-4-3-9(14)5-10(11)13(8)16-12(17)6-15-2/h3-5,8,13,15H,6-7H2,1-2H3,(H,16,17). The van der Waals surface area contributed by atoms with Crippen LogP contribution in [0.2, 0.25) is 0 Å². The van der Waals surface area contributed by atoms with Crippen LogP contribution in [0.3, 0.4) is 0 Å². The summed E-state index contributed by atoms with van der Waals surface area (Å²) >= 11 is 5.36. The predicted molar refractivity (Wildman–Crippen MR) is 78.8 cm³/mol. The Morgan fingerprint density at radius 1 is 1.56 bits per heavy atom. The minimum absolute atomic E-state index is 0.0483. The Bertz CT molecular complexity index is 453. The van der Waals surface area contributed by atoms with Crippen LogP contribution in [-0.2, 0) is 4.79 Å². The molecule has 0 spiro atoms. The van der Waals surface area contributed by atoms with Crippen molar-refractivity contribution >= 4 is 33.6 Å². The van der Waals surface area contributed by atoms with Crippen LogP contribution < -0.4 is 10.6 Å². The first-order chi connectivity index (χ1) is 8.61. The fourth-order valence-electron chi connectivity index (χ4n) is 2.12. The van der Waals surface area contributed by atoms with Gasteiger partial charge in [-0.1, -0.05) is 22.9 Å². The third kappa shape index (κ3) is 3.08. The molecule has 5 heteroatoms. The number of nitrogens with one attached hydrogen (secondary N) is 2. The fourth-order valence-corrected chi connectivity index (χ4v) is 3.65. The third-order valence-corrected chi connectivity index (χ3v) is 4.90. The highest BCUT2D eigenvalue weighted by Gasteiger charge is 2.28. The molecule has 0 aliphatic carbocycles. The molecule has 1 heterocycles. The number of rotatable bonds is 3. The Kier molecular flexibility index (Phi) is 4.70. The number of thioether (sulfide) groups is 1. The van der Waals surface area contributed by atoms with E-state index < -0.39 is 0 Å². The number of hydrogen-bond acceptors (Lipinski definition) is 3. The second-order valence-corrected chi connectivity index (χ2v) is 6.52. The van der Waals surface area contributed by atoms with Crippen molar-refractivity contribution in [3.8, 4) is 0 Å². The van der Waals surface area contributed by atoms with Crippen molar-refractivity contribution in [3.63, 3.8) is 0 Å². The average molecular weight is 329 g/mol. The molecule has 1 amide bonds. The molecule has 18 heavy (non-hydrogen) atoms. The highest BCUT2D eigenvalue weighted by Crippen LogP contribution is 2.40. The molecule has 0 saturated carbocycles. The van der Waals surface area contributed by atoms with E-state index in [0.29, 0.717) is 12.5 Å². The molecule has 98 valence electrons. The summed E-state index contributed by atoms with van der Waals surface area (Å²) in [5.74, 6) is 1.53. The molecule has 1 aliphatic heterocycles. The number of hydrogen-bond donors (Lipinski definition) is 2. The largest absolute Gasteiger partial charge is 0.348 e. The van der Waals surface area contributed by atoms with Crippen molar-refractivity contribution in [3.05, 3.63) is 28.2 Å². The van der Waals surface area contributed by atoms with Gasteiger partial charge in [0.25, 0.3) is 0 Å². The number of carbonyl (C=O) groups is 1. The molecule has 2 N–H and O–H groups in total. The molecule has 2 rings (SSSR count). The molecule has 2 atom stereocenters. The molecule has 1 aliphatic rings. The summed E-state index contributed by atoms with van der Waals surface area (Å²) in [6.07, 6.45) is 0. The first-order valence-electron chi connectivity index (χ1n) is 5.98. The zero-order valence-electron chi connectivity index (χ0n) is 10.5. The van der Waals surface area contributed by atoms with Gasteiger partial charge in [0.05, 0.1) is 12.6 Å². The molecule has 3 nitrogen and oxygen atoms in total. The van der Waals surface area contributed by atoms with Crippen LogP contribution in [0.1, 0.15) is 18.5 Å². The Hall–Kier alpha value is -0.520. The molecule has 2 unspecified atom stereocenters. The van der Waals surface area contributed by atoms with Crippen LogP contribution in [-0.4, -0.2) is 25.3 Å². The van der Waals surface area contributed by atoms with Gasteiger partial charge in [0.1, 0.15) is 0 Å². The predicted octanol–water partition coefficient (Wildman–Crippen LogP) is 2.57. The van der Waals surface area contributed by atoms with E-state index in [4.69, 9.17) is 0 Å². The molecule has 1 aromatic rings. The fraction of sp³-hybridized carbons (Fsp3) is 0.462. The average Bonchev–Trinajstić information content (AvgIpc) is 2.33. The molecule has 0 aromatic heterocycles. The Labute approximate surface area is 120 Å². The van der Waals surface area contributed by atoms with E-state index in [1.165, 1.54) is 10.5 Å². The normalized spacial score (nSPS) is 22.4. The van der Waals surface area contributed by atoms with Gasteiger partial charge in [-0.15, -0.1) is 11.8 Å². The summed E-state index contributed by atoms with van der Waals surface area (Å²) in [5, 5.41) is 6.00. The number of amides is 1. The molecule has 0 bridgehead atoms. The lowest BCUT2D eigenvalue weighted by Crippen LogP contribution is -2.39. The van der Waals surface area contributed by atoms with Gasteiger partial charge in [0.2, 0.25) is 5.91 Å². The van der Waals surface area contributed by atoms with Gasteiger partial charge in [0, 0.05) is 15.1 Å². The molecular weight excluding hydrogens is 312 g/mol. The van der Waals surface area contributed by atoms with Gasteiger partial charge >= 0.3 is 0 Å². The minimum atomic E-state index is 0.0483. The quantitative estimate of drug-likeness (QED) is 0.896.